The number of aryl methyl sites for hydroxylation is 1. The summed E-state index contributed by atoms with van der Waals surface area (Å²) in [5, 5.41) is 15.4. The third-order valence-electron chi connectivity index (χ3n) is 4.88. The fourth-order valence-electron chi connectivity index (χ4n) is 3.29. The van der Waals surface area contributed by atoms with E-state index in [0.29, 0.717) is 12.1 Å². The van der Waals surface area contributed by atoms with Crippen LogP contribution in [0.4, 0.5) is 0 Å². The maximum atomic E-state index is 4.82. The number of aromatic nitrogens is 3. The Labute approximate surface area is 176 Å². The van der Waals surface area contributed by atoms with Crippen molar-refractivity contribution in [2.24, 2.45) is 10.9 Å². The van der Waals surface area contributed by atoms with Crippen molar-refractivity contribution < 1.29 is 0 Å². The van der Waals surface area contributed by atoms with Crippen LogP contribution < -0.4 is 10.6 Å². The van der Waals surface area contributed by atoms with Gasteiger partial charge in [0.1, 0.15) is 12.2 Å². The van der Waals surface area contributed by atoms with Crippen LogP contribution in [-0.4, -0.2) is 39.4 Å². The molecule has 0 radical (unpaired) electrons. The molecular weight excluding hydrogens is 439 g/mol. The van der Waals surface area contributed by atoms with E-state index in [0.717, 1.165) is 37.2 Å². The highest BCUT2D eigenvalue weighted by molar-refractivity contribution is 14.0. The molecule has 0 saturated heterocycles. The normalized spacial score (nSPS) is 16.6. The van der Waals surface area contributed by atoms with Crippen molar-refractivity contribution in [3.05, 3.63) is 12.2 Å². The van der Waals surface area contributed by atoms with Crippen LogP contribution >= 0.6 is 24.0 Å². The maximum Gasteiger partial charge on any atom is 0.191 e. The number of hydrogen-bond acceptors (Lipinski definition) is 3. The molecule has 6 nitrogen and oxygen atoms in total. The zero-order chi connectivity index (χ0) is 18.1. The highest BCUT2D eigenvalue weighted by atomic mass is 127. The minimum Gasteiger partial charge on any atom is -0.354 e. The number of hydrogen-bond donors (Lipinski definition) is 2. The van der Waals surface area contributed by atoms with Crippen molar-refractivity contribution in [2.75, 3.05) is 6.54 Å². The molecule has 150 valence electrons. The molecule has 0 amide bonds. The van der Waals surface area contributed by atoms with Gasteiger partial charge in [0.15, 0.2) is 5.96 Å². The van der Waals surface area contributed by atoms with Crippen LogP contribution in [0.25, 0.3) is 0 Å². The Hall–Kier alpha value is -0.860. The van der Waals surface area contributed by atoms with Gasteiger partial charge in [0.05, 0.1) is 6.54 Å². The van der Waals surface area contributed by atoms with Crippen LogP contribution in [0.1, 0.15) is 72.0 Å². The molecule has 1 fully saturated rings. The summed E-state index contributed by atoms with van der Waals surface area (Å²) >= 11 is 0. The van der Waals surface area contributed by atoms with Crippen LogP contribution in [0.15, 0.2) is 11.3 Å². The van der Waals surface area contributed by atoms with Crippen LogP contribution in [0.3, 0.4) is 0 Å². The number of nitrogens with zero attached hydrogens (tertiary/aromatic N) is 4. The number of halogens is 1. The molecule has 1 aliphatic rings. The largest absolute Gasteiger partial charge is 0.354 e. The smallest absolute Gasteiger partial charge is 0.191 e. The van der Waals surface area contributed by atoms with E-state index in [1.54, 1.807) is 6.33 Å². The molecule has 1 saturated carbocycles. The predicted molar refractivity (Wildman–Crippen MR) is 119 cm³/mol. The van der Waals surface area contributed by atoms with Gasteiger partial charge in [-0.25, -0.2) is 0 Å². The Morgan fingerprint density at radius 3 is 2.65 bits per heavy atom. The minimum atomic E-state index is 0. The fourth-order valence-corrected chi connectivity index (χ4v) is 3.29. The van der Waals surface area contributed by atoms with Crippen LogP contribution in [0.2, 0.25) is 0 Å². The average molecular weight is 476 g/mol. The molecule has 0 spiro atoms. The van der Waals surface area contributed by atoms with E-state index in [1.807, 2.05) is 0 Å². The molecule has 0 aromatic carbocycles. The quantitative estimate of drug-likeness (QED) is 0.324. The Kier molecular flexibility index (Phi) is 11.2. The lowest BCUT2D eigenvalue weighted by molar-refractivity contribution is 0.484. The zero-order valence-corrected chi connectivity index (χ0v) is 19.2. The van der Waals surface area contributed by atoms with Crippen molar-refractivity contribution in [1.82, 2.24) is 25.4 Å². The summed E-state index contributed by atoms with van der Waals surface area (Å²) in [6.45, 7) is 10.5. The topological polar surface area (TPSA) is 67.1 Å². The highest BCUT2D eigenvalue weighted by Crippen LogP contribution is 2.17. The second-order valence-electron chi connectivity index (χ2n) is 7.67. The van der Waals surface area contributed by atoms with Crippen molar-refractivity contribution in [2.45, 2.75) is 91.3 Å². The van der Waals surface area contributed by atoms with Gasteiger partial charge < -0.3 is 15.2 Å². The lowest BCUT2D eigenvalue weighted by atomic mass is 10.0. The first-order valence-electron chi connectivity index (χ1n) is 10.0. The van der Waals surface area contributed by atoms with E-state index in [9.17, 15) is 0 Å². The van der Waals surface area contributed by atoms with Crippen LogP contribution in [0, 0.1) is 5.92 Å². The summed E-state index contributed by atoms with van der Waals surface area (Å²) in [7, 11) is 0. The first kappa shape index (κ1) is 23.2. The van der Waals surface area contributed by atoms with Gasteiger partial charge in [-0.05, 0) is 38.5 Å². The molecular formula is C19H37IN6. The van der Waals surface area contributed by atoms with E-state index in [2.05, 4.69) is 53.1 Å². The lowest BCUT2D eigenvalue weighted by Gasteiger charge is -2.22. The summed E-state index contributed by atoms with van der Waals surface area (Å²) in [6, 6.07) is 1.01. The first-order valence-corrected chi connectivity index (χ1v) is 10.0. The molecule has 1 heterocycles. The van der Waals surface area contributed by atoms with Gasteiger partial charge in [-0.3, -0.25) is 4.99 Å². The first-order chi connectivity index (χ1) is 12.1. The molecule has 1 unspecified atom stereocenters. The molecule has 1 aromatic heterocycles. The fraction of sp³-hybridized carbons (Fsp3) is 0.842. The SMILES string of the molecule is CCc1nncn1CCN=C(NC(C)CCC(C)C)NC1CCCC1.I. The Bertz CT molecular complexity index is 522. The van der Waals surface area contributed by atoms with Gasteiger partial charge in [-0.1, -0.05) is 33.6 Å². The molecule has 0 bridgehead atoms. The molecule has 0 aliphatic heterocycles. The van der Waals surface area contributed by atoms with Crippen LogP contribution in [-0.2, 0) is 13.0 Å². The third kappa shape index (κ3) is 8.22. The summed E-state index contributed by atoms with van der Waals surface area (Å²) in [5.41, 5.74) is 0. The van der Waals surface area contributed by atoms with Crippen molar-refractivity contribution in [1.29, 1.82) is 0 Å². The zero-order valence-electron chi connectivity index (χ0n) is 16.9. The van der Waals surface area contributed by atoms with Gasteiger partial charge in [-0.15, -0.1) is 34.2 Å². The van der Waals surface area contributed by atoms with E-state index in [1.165, 1.54) is 38.5 Å². The molecule has 2 rings (SSSR count). The predicted octanol–water partition coefficient (Wildman–Crippen LogP) is 3.76. The molecule has 26 heavy (non-hydrogen) atoms. The number of guanidine groups is 1. The van der Waals surface area contributed by atoms with Crippen molar-refractivity contribution in [3.63, 3.8) is 0 Å². The molecule has 2 N–H and O–H groups in total. The summed E-state index contributed by atoms with van der Waals surface area (Å²) in [6.07, 6.45) is 10.3. The van der Waals surface area contributed by atoms with Gasteiger partial charge >= 0.3 is 0 Å². The molecule has 1 aliphatic carbocycles. The Morgan fingerprint density at radius 2 is 2.00 bits per heavy atom. The molecule has 7 heteroatoms. The molecule has 1 aromatic rings. The average Bonchev–Trinajstić information content (AvgIpc) is 3.24. The number of aliphatic imine (C=N–C) groups is 1. The van der Waals surface area contributed by atoms with Crippen molar-refractivity contribution in [3.8, 4) is 0 Å². The van der Waals surface area contributed by atoms with Crippen LogP contribution in [0.5, 0.6) is 0 Å². The standard InChI is InChI=1S/C19H36N6.HI/c1-5-18-24-21-14-25(18)13-12-20-19(23-17-8-6-7-9-17)22-16(4)11-10-15(2)3;/h14-17H,5-13H2,1-4H3,(H2,20,22,23);1H. The van der Waals surface area contributed by atoms with E-state index in [4.69, 9.17) is 4.99 Å². The van der Waals surface area contributed by atoms with Gasteiger partial charge in [0.25, 0.3) is 0 Å². The van der Waals surface area contributed by atoms with E-state index >= 15 is 0 Å². The van der Waals surface area contributed by atoms with Gasteiger partial charge in [0.2, 0.25) is 0 Å². The number of rotatable bonds is 9. The van der Waals surface area contributed by atoms with Gasteiger partial charge in [0, 0.05) is 25.0 Å². The number of nitrogens with one attached hydrogen (secondary N) is 2. The Morgan fingerprint density at radius 1 is 1.27 bits per heavy atom. The van der Waals surface area contributed by atoms with E-state index in [-0.39, 0.29) is 24.0 Å². The highest BCUT2D eigenvalue weighted by Gasteiger charge is 2.17. The summed E-state index contributed by atoms with van der Waals surface area (Å²) in [5.74, 6) is 2.74. The van der Waals surface area contributed by atoms with Crippen molar-refractivity contribution >= 4 is 29.9 Å². The Balaban J connectivity index is 0.00000338. The molecule has 1 atom stereocenters. The second kappa shape index (κ2) is 12.5. The summed E-state index contributed by atoms with van der Waals surface area (Å²) in [4.78, 5) is 4.82. The second-order valence-corrected chi connectivity index (χ2v) is 7.67. The maximum absolute atomic E-state index is 4.82. The minimum absolute atomic E-state index is 0. The summed E-state index contributed by atoms with van der Waals surface area (Å²) < 4.78 is 2.10. The van der Waals surface area contributed by atoms with E-state index < -0.39 is 0 Å². The lowest BCUT2D eigenvalue weighted by Crippen LogP contribution is -2.46. The monoisotopic (exact) mass is 476 g/mol. The third-order valence-corrected chi connectivity index (χ3v) is 4.88. The van der Waals surface area contributed by atoms with Gasteiger partial charge in [-0.2, -0.15) is 0 Å².